The third-order valence-corrected chi connectivity index (χ3v) is 6.22. The highest BCUT2D eigenvalue weighted by molar-refractivity contribution is 6.07. The van der Waals surface area contributed by atoms with Gasteiger partial charge in [-0.05, 0) is 30.7 Å². The molecule has 2 aromatic rings. The van der Waals surface area contributed by atoms with Gasteiger partial charge in [0, 0.05) is 29.7 Å². The van der Waals surface area contributed by atoms with E-state index in [1.165, 1.54) is 5.56 Å². The minimum Gasteiger partial charge on any atom is -1.00 e. The summed E-state index contributed by atoms with van der Waals surface area (Å²) < 4.78 is 12.3. The van der Waals surface area contributed by atoms with Gasteiger partial charge in [0.2, 0.25) is 0 Å². The normalized spacial score (nSPS) is 16.4. The number of hydrogen-bond acceptors (Lipinski definition) is 3. The second-order valence-corrected chi connectivity index (χ2v) is 8.88. The Labute approximate surface area is 191 Å². The first-order valence-electron chi connectivity index (χ1n) is 10.7. The van der Waals surface area contributed by atoms with Gasteiger partial charge in [0.1, 0.15) is 18.9 Å². The molecule has 166 valence electrons. The van der Waals surface area contributed by atoms with Gasteiger partial charge in [-0.2, -0.15) is 0 Å². The van der Waals surface area contributed by atoms with Crippen molar-refractivity contribution in [3.63, 3.8) is 0 Å². The van der Waals surface area contributed by atoms with Crippen molar-refractivity contribution in [3.05, 3.63) is 64.7 Å². The number of nitrogens with one attached hydrogen (secondary N) is 1. The molecule has 0 unspecified atom stereocenters. The highest BCUT2D eigenvalue weighted by Gasteiger charge is 2.30. The van der Waals surface area contributed by atoms with Crippen LogP contribution in [0, 0.1) is 6.92 Å². The average Bonchev–Trinajstić information content (AvgIpc) is 2.75. The zero-order chi connectivity index (χ0) is 21.1. The molecule has 0 aliphatic carbocycles. The fourth-order valence-electron chi connectivity index (χ4n) is 4.39. The molecule has 0 atom stereocenters. The van der Waals surface area contributed by atoms with Gasteiger partial charge in [0.05, 0.1) is 38.9 Å². The van der Waals surface area contributed by atoms with Gasteiger partial charge in [-0.1, -0.05) is 30.3 Å². The van der Waals surface area contributed by atoms with Crippen molar-refractivity contribution in [1.82, 2.24) is 0 Å². The summed E-state index contributed by atoms with van der Waals surface area (Å²) >= 11 is 0. The fourth-order valence-corrected chi connectivity index (χ4v) is 4.39. The maximum Gasteiger partial charge on any atom is 0.255 e. The molecule has 0 aromatic heterocycles. The van der Waals surface area contributed by atoms with Gasteiger partial charge in [-0.15, -0.1) is 0 Å². The number of aryl methyl sites for hydroxylation is 1. The van der Waals surface area contributed by atoms with E-state index in [0.717, 1.165) is 59.6 Å². The van der Waals surface area contributed by atoms with E-state index < -0.39 is 0 Å². The second-order valence-electron chi connectivity index (χ2n) is 8.88. The lowest BCUT2D eigenvalue weighted by molar-refractivity contribution is -0.929. The molecule has 2 aliphatic rings. The monoisotopic (exact) mass is 442 g/mol. The molecule has 1 amide bonds. The van der Waals surface area contributed by atoms with Gasteiger partial charge in [-0.3, -0.25) is 4.79 Å². The number of para-hydroxylation sites is 1. The summed E-state index contributed by atoms with van der Waals surface area (Å²) in [5.74, 6) is 0.747. The Hall–Kier alpha value is -2.34. The van der Waals surface area contributed by atoms with Crippen molar-refractivity contribution in [3.8, 4) is 5.75 Å². The SMILES string of the molecule is Cc1cccc2c1OCC(C(=O)Nc1ccc(C[N+](C)(C)C3CCOCC3)cc1)=C2.[Cl-]. The van der Waals surface area contributed by atoms with Crippen LogP contribution in [0.15, 0.2) is 48.0 Å². The maximum atomic E-state index is 12.7. The first-order valence-corrected chi connectivity index (χ1v) is 10.7. The molecule has 0 spiro atoms. The number of fused-ring (bicyclic) bond motifs is 1. The van der Waals surface area contributed by atoms with Crippen molar-refractivity contribution in [2.75, 3.05) is 39.2 Å². The molecule has 4 rings (SSSR count). The standard InChI is InChI=1S/C25H30N2O3.ClH/c1-18-5-4-6-20-15-21(17-30-24(18)20)25(28)26-22-9-7-19(8-10-22)16-27(2,3)23-11-13-29-14-12-23;/h4-10,15,23H,11-14,16-17H2,1-3H3;1H. The van der Waals surface area contributed by atoms with Crippen molar-refractivity contribution in [2.45, 2.75) is 32.4 Å². The molecule has 2 heterocycles. The number of carbonyl (C=O) groups is 1. The predicted molar refractivity (Wildman–Crippen MR) is 119 cm³/mol. The Balaban J connectivity index is 0.00000272. The number of carbonyl (C=O) groups excluding carboxylic acids is 1. The van der Waals surface area contributed by atoms with Crippen molar-refractivity contribution in [1.29, 1.82) is 0 Å². The van der Waals surface area contributed by atoms with Crippen molar-refractivity contribution < 1.29 is 31.2 Å². The molecule has 1 saturated heterocycles. The van der Waals surface area contributed by atoms with Gasteiger partial charge in [0.25, 0.3) is 5.91 Å². The maximum absolute atomic E-state index is 12.7. The molecule has 2 aliphatic heterocycles. The molecular weight excluding hydrogens is 412 g/mol. The van der Waals surface area contributed by atoms with E-state index in [4.69, 9.17) is 9.47 Å². The summed E-state index contributed by atoms with van der Waals surface area (Å²) in [5, 5.41) is 3.00. The number of ether oxygens (including phenoxy) is 2. The summed E-state index contributed by atoms with van der Waals surface area (Å²) in [4.78, 5) is 12.7. The van der Waals surface area contributed by atoms with E-state index >= 15 is 0 Å². The summed E-state index contributed by atoms with van der Waals surface area (Å²) in [6.07, 6.45) is 4.14. The van der Waals surface area contributed by atoms with Crippen LogP contribution in [0.3, 0.4) is 0 Å². The molecule has 31 heavy (non-hydrogen) atoms. The first kappa shape index (κ1) is 23.3. The first-order chi connectivity index (χ1) is 14.4. The number of hydrogen-bond donors (Lipinski definition) is 1. The number of halogens is 1. The topological polar surface area (TPSA) is 47.6 Å². The Morgan fingerprint density at radius 1 is 1.10 bits per heavy atom. The van der Waals surface area contributed by atoms with E-state index in [2.05, 4.69) is 31.5 Å². The van der Waals surface area contributed by atoms with Gasteiger partial charge in [0.15, 0.2) is 0 Å². The molecular formula is C25H31ClN2O3. The lowest BCUT2D eigenvalue weighted by Crippen LogP contribution is -3.00. The summed E-state index contributed by atoms with van der Waals surface area (Å²) in [6.45, 7) is 5.00. The molecule has 0 radical (unpaired) electrons. The third-order valence-electron chi connectivity index (χ3n) is 6.22. The van der Waals surface area contributed by atoms with Crippen LogP contribution in [0.2, 0.25) is 0 Å². The van der Waals surface area contributed by atoms with Gasteiger partial charge < -0.3 is 31.7 Å². The lowest BCUT2D eigenvalue weighted by atomic mass is 10.0. The average molecular weight is 443 g/mol. The van der Waals surface area contributed by atoms with E-state index in [-0.39, 0.29) is 18.3 Å². The summed E-state index contributed by atoms with van der Waals surface area (Å²) in [7, 11) is 4.58. The van der Waals surface area contributed by atoms with Crippen LogP contribution in [0.5, 0.6) is 5.75 Å². The molecule has 6 heteroatoms. The highest BCUT2D eigenvalue weighted by atomic mass is 35.5. The van der Waals surface area contributed by atoms with Crippen LogP contribution in [0.25, 0.3) is 6.08 Å². The number of rotatable bonds is 5. The van der Waals surface area contributed by atoms with Crippen molar-refractivity contribution in [2.24, 2.45) is 0 Å². The quantitative estimate of drug-likeness (QED) is 0.707. The molecule has 2 aromatic carbocycles. The van der Waals surface area contributed by atoms with Crippen LogP contribution in [-0.2, 0) is 16.1 Å². The molecule has 1 fully saturated rings. The Morgan fingerprint density at radius 3 is 2.52 bits per heavy atom. The smallest absolute Gasteiger partial charge is 0.255 e. The fraction of sp³-hybridized carbons (Fsp3) is 0.400. The molecule has 1 N–H and O–H groups in total. The minimum atomic E-state index is -0.117. The largest absolute Gasteiger partial charge is 1.00 e. The van der Waals surface area contributed by atoms with Crippen LogP contribution < -0.4 is 22.5 Å². The van der Waals surface area contributed by atoms with E-state index in [1.807, 2.05) is 43.3 Å². The van der Waals surface area contributed by atoms with E-state index in [9.17, 15) is 4.79 Å². The number of nitrogens with zero attached hydrogens (tertiary/aromatic N) is 1. The Kier molecular flexibility index (Phi) is 7.42. The molecule has 0 bridgehead atoms. The zero-order valence-electron chi connectivity index (χ0n) is 18.5. The third kappa shape index (κ3) is 5.48. The van der Waals surface area contributed by atoms with E-state index in [0.29, 0.717) is 18.2 Å². The van der Waals surface area contributed by atoms with Crippen LogP contribution >= 0.6 is 0 Å². The lowest BCUT2D eigenvalue weighted by Gasteiger charge is -2.40. The molecule has 5 nitrogen and oxygen atoms in total. The minimum absolute atomic E-state index is 0. The predicted octanol–water partition coefficient (Wildman–Crippen LogP) is 1.17. The summed E-state index contributed by atoms with van der Waals surface area (Å²) in [6, 6.07) is 14.8. The van der Waals surface area contributed by atoms with Crippen LogP contribution in [0.4, 0.5) is 5.69 Å². The molecule has 0 saturated carbocycles. The number of benzene rings is 2. The second kappa shape index (κ2) is 9.86. The number of amides is 1. The van der Waals surface area contributed by atoms with Crippen LogP contribution in [0.1, 0.15) is 29.5 Å². The van der Waals surface area contributed by atoms with Gasteiger partial charge in [-0.25, -0.2) is 0 Å². The van der Waals surface area contributed by atoms with E-state index in [1.54, 1.807) is 0 Å². The highest BCUT2D eigenvalue weighted by Crippen LogP contribution is 2.30. The number of anilines is 1. The summed E-state index contributed by atoms with van der Waals surface area (Å²) in [5.41, 5.74) is 4.75. The Bertz CT molecular complexity index is 948. The number of quaternary nitrogens is 1. The van der Waals surface area contributed by atoms with Crippen molar-refractivity contribution >= 4 is 17.7 Å². The zero-order valence-corrected chi connectivity index (χ0v) is 19.2. The van der Waals surface area contributed by atoms with Gasteiger partial charge >= 0.3 is 0 Å². The Morgan fingerprint density at radius 2 is 1.81 bits per heavy atom. The van der Waals surface area contributed by atoms with Crippen LogP contribution in [-0.4, -0.2) is 50.3 Å².